The van der Waals surface area contributed by atoms with E-state index < -0.39 is 0 Å². The Morgan fingerprint density at radius 1 is 1.36 bits per heavy atom. The largest absolute Gasteiger partial charge is 0.487 e. The topological polar surface area (TPSA) is 35.2 Å². The van der Waals surface area contributed by atoms with E-state index in [1.165, 1.54) is 0 Å². The molecular weight excluding hydrogens is 221 g/mol. The zero-order valence-electron chi connectivity index (χ0n) is 7.76. The summed E-state index contributed by atoms with van der Waals surface area (Å²) in [6, 6.07) is 3.19. The monoisotopic (exact) mass is 231 g/mol. The van der Waals surface area contributed by atoms with Crippen LogP contribution in [0, 0.1) is 0 Å². The minimum absolute atomic E-state index is 0.433. The molecule has 0 bridgehead atoms. The van der Waals surface area contributed by atoms with Gasteiger partial charge in [-0.1, -0.05) is 35.4 Å². The maximum Gasteiger partial charge on any atom is 0.144 e. The number of hydrogen-bond donors (Lipinski definition) is 1. The van der Waals surface area contributed by atoms with Crippen molar-refractivity contribution in [1.82, 2.24) is 0 Å². The summed E-state index contributed by atoms with van der Waals surface area (Å²) in [5.74, 6) is 0.553. The molecule has 0 aliphatic heterocycles. The second-order valence-corrected chi connectivity index (χ2v) is 3.50. The summed E-state index contributed by atoms with van der Waals surface area (Å²) in [5.41, 5.74) is 6.17. The molecule has 0 aliphatic carbocycles. The molecule has 1 aromatic carbocycles. The highest BCUT2D eigenvalue weighted by atomic mass is 35.5. The van der Waals surface area contributed by atoms with Gasteiger partial charge >= 0.3 is 0 Å². The Labute approximate surface area is 93.3 Å². The van der Waals surface area contributed by atoms with Gasteiger partial charge in [0, 0.05) is 6.07 Å². The van der Waals surface area contributed by atoms with Gasteiger partial charge < -0.3 is 10.5 Å². The minimum atomic E-state index is 0.433. The van der Waals surface area contributed by atoms with Crippen LogP contribution in [0.5, 0.6) is 5.75 Å². The molecule has 4 heteroatoms. The lowest BCUT2D eigenvalue weighted by Crippen LogP contribution is -1.97. The second-order valence-electron chi connectivity index (χ2n) is 2.68. The molecule has 0 aliphatic rings. The van der Waals surface area contributed by atoms with Gasteiger partial charge in [0.1, 0.15) is 12.4 Å². The quantitative estimate of drug-likeness (QED) is 0.639. The van der Waals surface area contributed by atoms with E-state index in [-0.39, 0.29) is 0 Å². The van der Waals surface area contributed by atoms with Crippen LogP contribution in [0.25, 0.3) is 0 Å². The van der Waals surface area contributed by atoms with Gasteiger partial charge in [0.15, 0.2) is 0 Å². The van der Waals surface area contributed by atoms with Crippen LogP contribution in [0.4, 0.5) is 5.69 Å². The smallest absolute Gasteiger partial charge is 0.144 e. The lowest BCUT2D eigenvalue weighted by molar-refractivity contribution is 0.364. The molecule has 1 aromatic rings. The maximum atomic E-state index is 5.81. The highest BCUT2D eigenvalue weighted by molar-refractivity contribution is 6.42. The fourth-order valence-corrected chi connectivity index (χ4v) is 1.23. The van der Waals surface area contributed by atoms with E-state index >= 15 is 0 Å². The van der Waals surface area contributed by atoms with Crippen LogP contribution < -0.4 is 10.5 Å². The standard InChI is InChI=1S/C10H11Cl2NO/c1-2-3-4-14-10-6-8(12)7(11)5-9(10)13/h2-3,5-6H,4,13H2,1H3/b3-2+. The average Bonchev–Trinajstić information content (AvgIpc) is 2.14. The van der Waals surface area contributed by atoms with Crippen molar-refractivity contribution in [3.05, 3.63) is 34.3 Å². The highest BCUT2D eigenvalue weighted by Crippen LogP contribution is 2.32. The van der Waals surface area contributed by atoms with Gasteiger partial charge in [0.25, 0.3) is 0 Å². The van der Waals surface area contributed by atoms with Gasteiger partial charge in [-0.15, -0.1) is 0 Å². The van der Waals surface area contributed by atoms with Gasteiger partial charge in [0.2, 0.25) is 0 Å². The molecule has 0 amide bonds. The molecular formula is C10H11Cl2NO. The average molecular weight is 232 g/mol. The number of nitrogens with two attached hydrogens (primary N) is 1. The summed E-state index contributed by atoms with van der Waals surface area (Å²) in [6.45, 7) is 2.39. The molecule has 2 N–H and O–H groups in total. The van der Waals surface area contributed by atoms with Crippen LogP contribution in [0.3, 0.4) is 0 Å². The number of hydrogen-bond acceptors (Lipinski definition) is 2. The van der Waals surface area contributed by atoms with Crippen molar-refractivity contribution in [2.24, 2.45) is 0 Å². The van der Waals surface area contributed by atoms with Crippen LogP contribution in [-0.4, -0.2) is 6.61 Å². The molecule has 0 fully saturated rings. The first-order valence-corrected chi connectivity index (χ1v) is 4.89. The number of halogens is 2. The van der Waals surface area contributed by atoms with E-state index in [2.05, 4.69) is 0 Å². The van der Waals surface area contributed by atoms with Crippen LogP contribution in [0.1, 0.15) is 6.92 Å². The normalized spacial score (nSPS) is 10.8. The van der Waals surface area contributed by atoms with E-state index in [0.29, 0.717) is 28.1 Å². The Morgan fingerprint density at radius 3 is 2.64 bits per heavy atom. The van der Waals surface area contributed by atoms with Crippen molar-refractivity contribution in [3.63, 3.8) is 0 Å². The molecule has 2 nitrogen and oxygen atoms in total. The van der Waals surface area contributed by atoms with Gasteiger partial charge in [-0.2, -0.15) is 0 Å². The fourth-order valence-electron chi connectivity index (χ4n) is 0.903. The van der Waals surface area contributed by atoms with Crippen molar-refractivity contribution in [2.75, 3.05) is 12.3 Å². The Kier molecular flexibility index (Phi) is 4.11. The third-order valence-corrected chi connectivity index (χ3v) is 2.35. The number of rotatable bonds is 3. The predicted molar refractivity (Wildman–Crippen MR) is 61.2 cm³/mol. The number of allylic oxidation sites excluding steroid dienone is 1. The highest BCUT2D eigenvalue weighted by Gasteiger charge is 2.05. The Bertz CT molecular complexity index is 350. The Hall–Kier alpha value is -0.860. The summed E-state index contributed by atoms with van der Waals surface area (Å²) in [4.78, 5) is 0. The van der Waals surface area contributed by atoms with Crippen LogP contribution in [-0.2, 0) is 0 Å². The zero-order chi connectivity index (χ0) is 10.6. The first-order valence-electron chi connectivity index (χ1n) is 4.13. The van der Waals surface area contributed by atoms with Crippen molar-refractivity contribution >= 4 is 28.9 Å². The summed E-state index contributed by atoms with van der Waals surface area (Å²) in [6.07, 6.45) is 3.77. The Balaban J connectivity index is 2.81. The number of nitrogen functional groups attached to an aromatic ring is 1. The van der Waals surface area contributed by atoms with Crippen molar-refractivity contribution in [3.8, 4) is 5.75 Å². The first kappa shape index (κ1) is 11.2. The molecule has 0 atom stereocenters. The van der Waals surface area contributed by atoms with E-state index in [4.69, 9.17) is 33.7 Å². The SMILES string of the molecule is C/C=C/COc1cc(Cl)c(Cl)cc1N. The molecule has 0 radical (unpaired) electrons. The molecule has 14 heavy (non-hydrogen) atoms. The van der Waals surface area contributed by atoms with E-state index in [1.54, 1.807) is 12.1 Å². The minimum Gasteiger partial charge on any atom is -0.487 e. The number of ether oxygens (including phenoxy) is 1. The third kappa shape index (κ3) is 2.82. The first-order chi connectivity index (χ1) is 6.65. The Morgan fingerprint density at radius 2 is 2.00 bits per heavy atom. The van der Waals surface area contributed by atoms with Crippen LogP contribution in [0.15, 0.2) is 24.3 Å². The van der Waals surface area contributed by atoms with E-state index in [9.17, 15) is 0 Å². The summed E-state index contributed by atoms with van der Waals surface area (Å²) >= 11 is 11.6. The van der Waals surface area contributed by atoms with Gasteiger partial charge in [-0.05, 0) is 13.0 Å². The van der Waals surface area contributed by atoms with Crippen molar-refractivity contribution in [2.45, 2.75) is 6.92 Å². The van der Waals surface area contributed by atoms with Gasteiger partial charge in [-0.25, -0.2) is 0 Å². The third-order valence-electron chi connectivity index (χ3n) is 1.62. The molecule has 0 saturated carbocycles. The maximum absolute atomic E-state index is 5.81. The summed E-state index contributed by atoms with van der Waals surface area (Å²) < 4.78 is 5.36. The molecule has 0 aromatic heterocycles. The lowest BCUT2D eigenvalue weighted by Gasteiger charge is -2.07. The molecule has 76 valence electrons. The zero-order valence-corrected chi connectivity index (χ0v) is 9.27. The number of anilines is 1. The molecule has 1 rings (SSSR count). The molecule has 0 unspecified atom stereocenters. The second kappa shape index (κ2) is 5.13. The molecule has 0 spiro atoms. The van der Waals surface area contributed by atoms with Gasteiger partial charge in [-0.3, -0.25) is 0 Å². The summed E-state index contributed by atoms with van der Waals surface area (Å²) in [5, 5.41) is 0.874. The van der Waals surface area contributed by atoms with E-state index in [1.807, 2.05) is 19.1 Å². The molecule has 0 saturated heterocycles. The predicted octanol–water partition coefficient (Wildman–Crippen LogP) is 3.53. The van der Waals surface area contributed by atoms with Crippen LogP contribution >= 0.6 is 23.2 Å². The fraction of sp³-hybridized carbons (Fsp3) is 0.200. The van der Waals surface area contributed by atoms with Crippen LogP contribution in [0.2, 0.25) is 10.0 Å². The van der Waals surface area contributed by atoms with E-state index in [0.717, 1.165) is 0 Å². The van der Waals surface area contributed by atoms with Crippen molar-refractivity contribution < 1.29 is 4.74 Å². The van der Waals surface area contributed by atoms with Crippen molar-refractivity contribution in [1.29, 1.82) is 0 Å². The lowest BCUT2D eigenvalue weighted by atomic mass is 10.3. The van der Waals surface area contributed by atoms with Gasteiger partial charge in [0.05, 0.1) is 15.7 Å². The molecule has 0 heterocycles. The summed E-state index contributed by atoms with van der Waals surface area (Å²) in [7, 11) is 0. The number of benzene rings is 1.